The third kappa shape index (κ3) is 5.19. The van der Waals surface area contributed by atoms with Crippen molar-refractivity contribution >= 4 is 11.8 Å². The Labute approximate surface area is 172 Å². The highest BCUT2D eigenvalue weighted by Crippen LogP contribution is 2.22. The van der Waals surface area contributed by atoms with E-state index in [1.54, 1.807) is 7.11 Å². The minimum Gasteiger partial charge on any atom is -0.497 e. The van der Waals surface area contributed by atoms with Crippen molar-refractivity contribution in [3.63, 3.8) is 0 Å². The van der Waals surface area contributed by atoms with E-state index < -0.39 is 0 Å². The van der Waals surface area contributed by atoms with Crippen molar-refractivity contribution in [3.05, 3.63) is 53.9 Å². The van der Waals surface area contributed by atoms with Gasteiger partial charge in [-0.2, -0.15) is 0 Å². The van der Waals surface area contributed by atoms with E-state index in [0.29, 0.717) is 31.6 Å². The number of carbonyl (C=O) groups excluding carboxylic acids is 2. The summed E-state index contributed by atoms with van der Waals surface area (Å²) >= 11 is 0. The first-order valence-electron chi connectivity index (χ1n) is 10.3. The lowest BCUT2D eigenvalue weighted by atomic mass is 9.89. The molecule has 2 aromatic rings. The van der Waals surface area contributed by atoms with Crippen LogP contribution in [0.2, 0.25) is 0 Å². The Bertz CT molecular complexity index is 845. The lowest BCUT2D eigenvalue weighted by Gasteiger charge is -2.38. The number of aryl methyl sites for hydroxylation is 2. The lowest BCUT2D eigenvalue weighted by molar-refractivity contribution is -0.122. The monoisotopic (exact) mass is 397 g/mol. The van der Waals surface area contributed by atoms with Crippen LogP contribution in [-0.2, 0) is 18.3 Å². The van der Waals surface area contributed by atoms with Gasteiger partial charge >= 0.3 is 0 Å². The fourth-order valence-corrected chi connectivity index (χ4v) is 4.03. The minimum absolute atomic E-state index is 0.0680. The maximum atomic E-state index is 12.8. The standard InChI is InChI=1S/C23H31N3O3/c1-4-18-16-26(23(28)21-9-6-13-25(21)2)14-12-20(18)24-22(27)11-10-17-7-5-8-19(15-17)29-3/h5-9,13,15,18,20H,4,10-12,14,16H2,1-3H3,(H,24,27)/t18-,20+/m1/s1. The zero-order valence-electron chi connectivity index (χ0n) is 17.6. The van der Waals surface area contributed by atoms with Gasteiger partial charge < -0.3 is 19.5 Å². The van der Waals surface area contributed by atoms with Crippen LogP contribution >= 0.6 is 0 Å². The van der Waals surface area contributed by atoms with E-state index in [1.807, 2.05) is 59.1 Å². The van der Waals surface area contributed by atoms with E-state index in [1.165, 1.54) is 0 Å². The van der Waals surface area contributed by atoms with Crippen molar-refractivity contribution in [1.29, 1.82) is 0 Å². The summed E-state index contributed by atoms with van der Waals surface area (Å²) in [5, 5.41) is 3.21. The van der Waals surface area contributed by atoms with E-state index in [4.69, 9.17) is 4.74 Å². The van der Waals surface area contributed by atoms with Gasteiger partial charge in [-0.25, -0.2) is 0 Å². The highest BCUT2D eigenvalue weighted by Gasteiger charge is 2.32. The van der Waals surface area contributed by atoms with E-state index in [9.17, 15) is 9.59 Å². The summed E-state index contributed by atoms with van der Waals surface area (Å²) in [6, 6.07) is 11.7. The van der Waals surface area contributed by atoms with E-state index in [2.05, 4.69) is 12.2 Å². The molecule has 1 aromatic heterocycles. The van der Waals surface area contributed by atoms with Crippen molar-refractivity contribution in [2.24, 2.45) is 13.0 Å². The number of likely N-dealkylation sites (tertiary alicyclic amines) is 1. The maximum Gasteiger partial charge on any atom is 0.270 e. The molecule has 156 valence electrons. The average Bonchev–Trinajstić information content (AvgIpc) is 3.18. The highest BCUT2D eigenvalue weighted by molar-refractivity contribution is 5.92. The summed E-state index contributed by atoms with van der Waals surface area (Å²) in [7, 11) is 3.53. The van der Waals surface area contributed by atoms with E-state index in [0.717, 1.165) is 24.2 Å². The zero-order valence-corrected chi connectivity index (χ0v) is 17.6. The number of rotatable bonds is 7. The molecule has 0 radical (unpaired) electrons. The molecular weight excluding hydrogens is 366 g/mol. The molecule has 0 bridgehead atoms. The molecule has 1 saturated heterocycles. The second-order valence-electron chi connectivity index (χ2n) is 7.74. The number of amides is 2. The van der Waals surface area contributed by atoms with Gasteiger partial charge in [-0.15, -0.1) is 0 Å². The molecule has 0 aliphatic carbocycles. The Kier molecular flexibility index (Phi) is 6.96. The molecule has 2 heterocycles. The number of nitrogens with one attached hydrogen (secondary N) is 1. The second kappa shape index (κ2) is 9.63. The molecule has 1 aliphatic rings. The van der Waals surface area contributed by atoms with Gasteiger partial charge in [0.15, 0.2) is 0 Å². The molecule has 3 rings (SSSR count). The van der Waals surface area contributed by atoms with Crippen molar-refractivity contribution in [3.8, 4) is 5.75 Å². The van der Waals surface area contributed by atoms with Gasteiger partial charge in [0.1, 0.15) is 11.4 Å². The average molecular weight is 398 g/mol. The smallest absolute Gasteiger partial charge is 0.270 e. The molecule has 6 nitrogen and oxygen atoms in total. The SMILES string of the molecule is CC[C@@H]1CN(C(=O)c2cccn2C)CC[C@@H]1NC(=O)CCc1cccc(OC)c1. The van der Waals surface area contributed by atoms with Crippen LogP contribution in [0, 0.1) is 5.92 Å². The predicted octanol–water partition coefficient (Wildman–Crippen LogP) is 3.02. The first-order chi connectivity index (χ1) is 14.0. The Morgan fingerprint density at radius 2 is 2.07 bits per heavy atom. The number of benzene rings is 1. The van der Waals surface area contributed by atoms with Crippen LogP contribution in [0.1, 0.15) is 42.2 Å². The lowest BCUT2D eigenvalue weighted by Crippen LogP contribution is -2.52. The molecule has 0 spiro atoms. The quantitative estimate of drug-likeness (QED) is 0.781. The Morgan fingerprint density at radius 3 is 2.76 bits per heavy atom. The number of aromatic nitrogens is 1. The van der Waals surface area contributed by atoms with Gasteiger partial charge in [0.25, 0.3) is 5.91 Å². The van der Waals surface area contributed by atoms with E-state index >= 15 is 0 Å². The largest absolute Gasteiger partial charge is 0.497 e. The first-order valence-corrected chi connectivity index (χ1v) is 10.3. The number of methoxy groups -OCH3 is 1. The summed E-state index contributed by atoms with van der Waals surface area (Å²) in [6.07, 6.45) is 4.74. The molecule has 29 heavy (non-hydrogen) atoms. The Balaban J connectivity index is 1.52. The predicted molar refractivity (Wildman–Crippen MR) is 113 cm³/mol. The van der Waals surface area contributed by atoms with Crippen LogP contribution in [0.4, 0.5) is 0 Å². The van der Waals surface area contributed by atoms with Crippen LogP contribution in [0.3, 0.4) is 0 Å². The highest BCUT2D eigenvalue weighted by atomic mass is 16.5. The fourth-order valence-electron chi connectivity index (χ4n) is 4.03. The molecule has 1 fully saturated rings. The third-order valence-electron chi connectivity index (χ3n) is 5.83. The molecule has 2 atom stereocenters. The normalized spacial score (nSPS) is 19.1. The third-order valence-corrected chi connectivity index (χ3v) is 5.83. The van der Waals surface area contributed by atoms with Gasteiger partial charge in [0.05, 0.1) is 7.11 Å². The molecule has 1 N–H and O–H groups in total. The first kappa shape index (κ1) is 21.0. The molecule has 1 aliphatic heterocycles. The van der Waals surface area contributed by atoms with Crippen LogP contribution < -0.4 is 10.1 Å². The van der Waals surface area contributed by atoms with E-state index in [-0.39, 0.29) is 23.8 Å². The summed E-state index contributed by atoms with van der Waals surface area (Å²) in [6.45, 7) is 3.47. The van der Waals surface area contributed by atoms with Gasteiger partial charge in [-0.3, -0.25) is 9.59 Å². The maximum absolute atomic E-state index is 12.8. The molecule has 2 amide bonds. The van der Waals surface area contributed by atoms with Gasteiger partial charge in [0, 0.05) is 38.8 Å². The second-order valence-corrected chi connectivity index (χ2v) is 7.74. The van der Waals surface area contributed by atoms with Crippen molar-refractivity contribution < 1.29 is 14.3 Å². The Morgan fingerprint density at radius 1 is 1.24 bits per heavy atom. The molecule has 0 unspecified atom stereocenters. The summed E-state index contributed by atoms with van der Waals surface area (Å²) < 4.78 is 7.10. The Hall–Kier alpha value is -2.76. The number of hydrogen-bond donors (Lipinski definition) is 1. The van der Waals surface area contributed by atoms with Gasteiger partial charge in [-0.05, 0) is 55.0 Å². The fraction of sp³-hybridized carbons (Fsp3) is 0.478. The number of carbonyl (C=O) groups is 2. The summed E-state index contributed by atoms with van der Waals surface area (Å²) in [4.78, 5) is 27.2. The van der Waals surface area contributed by atoms with Crippen LogP contribution in [0.5, 0.6) is 5.75 Å². The zero-order chi connectivity index (χ0) is 20.8. The minimum atomic E-state index is 0.0680. The van der Waals surface area contributed by atoms with Crippen molar-refractivity contribution in [1.82, 2.24) is 14.8 Å². The molecule has 6 heteroatoms. The van der Waals surface area contributed by atoms with Crippen molar-refractivity contribution in [2.45, 2.75) is 38.6 Å². The molecular formula is C23H31N3O3. The topological polar surface area (TPSA) is 63.6 Å². The molecule has 0 saturated carbocycles. The number of piperidine rings is 1. The van der Waals surface area contributed by atoms with Gasteiger partial charge in [-0.1, -0.05) is 19.1 Å². The van der Waals surface area contributed by atoms with Crippen LogP contribution in [0.25, 0.3) is 0 Å². The summed E-state index contributed by atoms with van der Waals surface area (Å²) in [5.74, 6) is 1.22. The number of hydrogen-bond acceptors (Lipinski definition) is 3. The van der Waals surface area contributed by atoms with Crippen LogP contribution in [-0.4, -0.2) is 47.5 Å². The van der Waals surface area contributed by atoms with Gasteiger partial charge in [0.2, 0.25) is 5.91 Å². The number of ether oxygens (including phenoxy) is 1. The number of nitrogens with zero attached hydrogens (tertiary/aromatic N) is 2. The van der Waals surface area contributed by atoms with Crippen LogP contribution in [0.15, 0.2) is 42.6 Å². The van der Waals surface area contributed by atoms with Crippen molar-refractivity contribution in [2.75, 3.05) is 20.2 Å². The summed E-state index contributed by atoms with van der Waals surface area (Å²) in [5.41, 5.74) is 1.80. The molecule has 1 aromatic carbocycles.